The van der Waals surface area contributed by atoms with Gasteiger partial charge in [0.25, 0.3) is 0 Å². The van der Waals surface area contributed by atoms with E-state index < -0.39 is 0 Å². The monoisotopic (exact) mass is 307 g/mol. The second-order valence-electron chi connectivity index (χ2n) is 5.04. The molecule has 112 valence electrons. The molecule has 0 saturated heterocycles. The molecular formula is C16H19ClFN3. The molecule has 0 bridgehead atoms. The summed E-state index contributed by atoms with van der Waals surface area (Å²) >= 11 is 6.07. The summed E-state index contributed by atoms with van der Waals surface area (Å²) in [5, 5.41) is 3.66. The molecule has 0 aliphatic carbocycles. The summed E-state index contributed by atoms with van der Waals surface area (Å²) < 4.78 is 13.3. The first kappa shape index (κ1) is 15.6. The summed E-state index contributed by atoms with van der Waals surface area (Å²) in [6, 6.07) is 12.2. The number of nitrogens with zero attached hydrogens (tertiary/aromatic N) is 1. The molecule has 2 aromatic rings. The van der Waals surface area contributed by atoms with Crippen LogP contribution >= 0.6 is 11.6 Å². The van der Waals surface area contributed by atoms with Crippen molar-refractivity contribution in [3.05, 3.63) is 58.9 Å². The molecule has 2 rings (SSSR count). The van der Waals surface area contributed by atoms with Crippen LogP contribution in [-0.4, -0.2) is 20.6 Å². The van der Waals surface area contributed by atoms with E-state index in [9.17, 15) is 4.39 Å². The number of nitrogens with one attached hydrogen (secondary N) is 1. The van der Waals surface area contributed by atoms with Gasteiger partial charge in [-0.05, 0) is 35.9 Å². The fourth-order valence-electron chi connectivity index (χ4n) is 2.08. The maximum absolute atomic E-state index is 13.3. The van der Waals surface area contributed by atoms with E-state index in [4.69, 9.17) is 17.3 Å². The molecule has 0 aromatic heterocycles. The van der Waals surface area contributed by atoms with Gasteiger partial charge in [0.15, 0.2) is 0 Å². The molecule has 21 heavy (non-hydrogen) atoms. The van der Waals surface area contributed by atoms with Gasteiger partial charge in [0.1, 0.15) is 5.82 Å². The Hall–Kier alpha value is -1.78. The zero-order valence-corrected chi connectivity index (χ0v) is 12.9. The Kier molecular flexibility index (Phi) is 5.04. The van der Waals surface area contributed by atoms with E-state index in [2.05, 4.69) is 5.32 Å². The van der Waals surface area contributed by atoms with Gasteiger partial charge < -0.3 is 16.0 Å². The fraction of sp³-hybridized carbons (Fsp3) is 0.250. The van der Waals surface area contributed by atoms with Gasteiger partial charge in [-0.3, -0.25) is 0 Å². The van der Waals surface area contributed by atoms with Crippen LogP contribution in [0.5, 0.6) is 0 Å². The lowest BCUT2D eigenvalue weighted by molar-refractivity contribution is 0.627. The van der Waals surface area contributed by atoms with Crippen molar-refractivity contribution in [3.63, 3.8) is 0 Å². The highest BCUT2D eigenvalue weighted by molar-refractivity contribution is 6.33. The van der Waals surface area contributed by atoms with Gasteiger partial charge in [-0.25, -0.2) is 4.39 Å². The Balaban J connectivity index is 2.21. The highest BCUT2D eigenvalue weighted by atomic mass is 35.5. The summed E-state index contributed by atoms with van der Waals surface area (Å²) in [5.41, 5.74) is 8.51. The lowest BCUT2D eigenvalue weighted by Crippen LogP contribution is -2.21. The molecule has 0 aliphatic heterocycles. The van der Waals surface area contributed by atoms with Crippen LogP contribution in [0.15, 0.2) is 42.5 Å². The predicted octanol–water partition coefficient (Wildman–Crippen LogP) is 3.66. The van der Waals surface area contributed by atoms with Gasteiger partial charge in [-0.1, -0.05) is 23.7 Å². The Bertz CT molecular complexity index is 599. The van der Waals surface area contributed by atoms with Gasteiger partial charge in [0.2, 0.25) is 0 Å². The molecule has 0 radical (unpaired) electrons. The molecule has 1 atom stereocenters. The zero-order valence-electron chi connectivity index (χ0n) is 12.1. The summed E-state index contributed by atoms with van der Waals surface area (Å²) in [6.07, 6.45) is 0. The molecule has 0 spiro atoms. The number of benzene rings is 2. The van der Waals surface area contributed by atoms with Gasteiger partial charge in [0.05, 0.1) is 16.8 Å². The Morgan fingerprint density at radius 1 is 1.19 bits per heavy atom. The van der Waals surface area contributed by atoms with E-state index in [0.29, 0.717) is 17.3 Å². The number of anilines is 2. The van der Waals surface area contributed by atoms with Crippen LogP contribution in [0.2, 0.25) is 5.02 Å². The summed E-state index contributed by atoms with van der Waals surface area (Å²) in [4.78, 5) is 2.03. The number of rotatable bonds is 5. The smallest absolute Gasteiger partial charge is 0.125 e. The largest absolute Gasteiger partial charge is 0.378 e. The van der Waals surface area contributed by atoms with Crippen molar-refractivity contribution in [1.82, 2.24) is 0 Å². The number of hydrogen-bond acceptors (Lipinski definition) is 3. The minimum atomic E-state index is -0.333. The SMILES string of the molecule is CN(C)c1ccc(C(CN)Nc2cc(F)ccc2Cl)cc1. The molecule has 0 amide bonds. The normalized spacial score (nSPS) is 12.0. The van der Waals surface area contributed by atoms with Gasteiger partial charge in [-0.2, -0.15) is 0 Å². The van der Waals surface area contributed by atoms with E-state index in [0.717, 1.165) is 11.3 Å². The minimum absolute atomic E-state index is 0.125. The van der Waals surface area contributed by atoms with E-state index >= 15 is 0 Å². The molecule has 0 heterocycles. The first-order valence-electron chi connectivity index (χ1n) is 6.70. The standard InChI is InChI=1S/C16H19ClFN3/c1-21(2)13-6-3-11(4-7-13)16(10-19)20-15-9-12(18)5-8-14(15)17/h3-9,16,20H,10,19H2,1-2H3. The van der Waals surface area contributed by atoms with Gasteiger partial charge in [-0.15, -0.1) is 0 Å². The van der Waals surface area contributed by atoms with E-state index in [1.54, 1.807) is 0 Å². The molecule has 0 saturated carbocycles. The molecule has 0 fully saturated rings. The maximum atomic E-state index is 13.3. The third-order valence-corrected chi connectivity index (χ3v) is 3.64. The van der Waals surface area contributed by atoms with Crippen molar-refractivity contribution >= 4 is 23.0 Å². The highest BCUT2D eigenvalue weighted by Gasteiger charge is 2.12. The van der Waals surface area contributed by atoms with Crippen molar-refractivity contribution in [2.45, 2.75) is 6.04 Å². The second-order valence-corrected chi connectivity index (χ2v) is 5.45. The van der Waals surface area contributed by atoms with Crippen LogP contribution in [0, 0.1) is 5.82 Å². The fourth-order valence-corrected chi connectivity index (χ4v) is 2.25. The molecule has 1 unspecified atom stereocenters. The van der Waals surface area contributed by atoms with Crippen LogP contribution in [0.1, 0.15) is 11.6 Å². The lowest BCUT2D eigenvalue weighted by atomic mass is 10.1. The zero-order chi connectivity index (χ0) is 15.4. The van der Waals surface area contributed by atoms with Crippen LogP contribution in [0.3, 0.4) is 0 Å². The number of hydrogen-bond donors (Lipinski definition) is 2. The minimum Gasteiger partial charge on any atom is -0.378 e. The summed E-state index contributed by atoms with van der Waals surface area (Å²) in [7, 11) is 3.97. The number of halogens is 2. The van der Waals surface area contributed by atoms with Gasteiger partial charge >= 0.3 is 0 Å². The molecular weight excluding hydrogens is 289 g/mol. The molecule has 2 aromatic carbocycles. The van der Waals surface area contributed by atoms with Gasteiger partial charge in [0, 0.05) is 26.3 Å². The van der Waals surface area contributed by atoms with Crippen molar-refractivity contribution < 1.29 is 4.39 Å². The van der Waals surface area contributed by atoms with Crippen LogP contribution in [0.25, 0.3) is 0 Å². The van der Waals surface area contributed by atoms with Crippen molar-refractivity contribution in [2.75, 3.05) is 30.9 Å². The molecule has 0 aliphatic rings. The Morgan fingerprint density at radius 2 is 1.86 bits per heavy atom. The average molecular weight is 308 g/mol. The molecule has 5 heteroatoms. The highest BCUT2D eigenvalue weighted by Crippen LogP contribution is 2.27. The van der Waals surface area contributed by atoms with Crippen molar-refractivity contribution in [2.24, 2.45) is 5.73 Å². The van der Waals surface area contributed by atoms with E-state index in [1.165, 1.54) is 18.2 Å². The predicted molar refractivity (Wildman–Crippen MR) is 87.6 cm³/mol. The third-order valence-electron chi connectivity index (χ3n) is 3.31. The first-order chi connectivity index (χ1) is 10.0. The Labute approximate surface area is 129 Å². The van der Waals surface area contributed by atoms with Crippen LogP contribution < -0.4 is 16.0 Å². The Morgan fingerprint density at radius 3 is 2.43 bits per heavy atom. The van der Waals surface area contributed by atoms with E-state index in [1.807, 2.05) is 43.3 Å². The van der Waals surface area contributed by atoms with Crippen molar-refractivity contribution in [3.8, 4) is 0 Å². The number of nitrogens with two attached hydrogens (primary N) is 1. The summed E-state index contributed by atoms with van der Waals surface area (Å²) in [5.74, 6) is -0.333. The lowest BCUT2D eigenvalue weighted by Gasteiger charge is -2.21. The second kappa shape index (κ2) is 6.78. The molecule has 3 nitrogen and oxygen atoms in total. The van der Waals surface area contributed by atoms with E-state index in [-0.39, 0.29) is 11.9 Å². The maximum Gasteiger partial charge on any atom is 0.125 e. The molecule has 3 N–H and O–H groups in total. The average Bonchev–Trinajstić information content (AvgIpc) is 2.48. The van der Waals surface area contributed by atoms with Crippen molar-refractivity contribution in [1.29, 1.82) is 0 Å². The first-order valence-corrected chi connectivity index (χ1v) is 7.08. The third kappa shape index (κ3) is 3.86. The van der Waals surface area contributed by atoms with Crippen LogP contribution in [0.4, 0.5) is 15.8 Å². The summed E-state index contributed by atoms with van der Waals surface area (Å²) in [6.45, 7) is 0.383. The van der Waals surface area contributed by atoms with Crippen LogP contribution in [-0.2, 0) is 0 Å². The quantitative estimate of drug-likeness (QED) is 0.886. The topological polar surface area (TPSA) is 41.3 Å².